The minimum atomic E-state index is -2.79. The molecule has 0 amide bonds. The summed E-state index contributed by atoms with van der Waals surface area (Å²) >= 11 is 2.90. The Kier molecular flexibility index (Phi) is 3.57. The molecule has 4 nitrogen and oxygen atoms in total. The van der Waals surface area contributed by atoms with Crippen molar-refractivity contribution in [2.24, 2.45) is 0 Å². The molecule has 0 aliphatic carbocycles. The van der Waals surface area contributed by atoms with Gasteiger partial charge in [0.2, 0.25) is 0 Å². The van der Waals surface area contributed by atoms with Gasteiger partial charge in [-0.1, -0.05) is 0 Å². The predicted molar refractivity (Wildman–Crippen MR) is 52.6 cm³/mol. The van der Waals surface area contributed by atoms with Crippen LogP contribution in [0.1, 0.15) is 17.6 Å². The molecule has 3 N–H and O–H groups in total. The summed E-state index contributed by atoms with van der Waals surface area (Å²) in [6.45, 7) is 0. The Labute approximate surface area is 92.2 Å². The molecule has 7 heteroatoms. The number of nitrogens with zero attached hydrogens (tertiary/aromatic N) is 1. The van der Waals surface area contributed by atoms with Crippen molar-refractivity contribution in [1.29, 1.82) is 0 Å². The van der Waals surface area contributed by atoms with Crippen LogP contribution < -0.4 is 5.73 Å². The number of nitrogens with two attached hydrogens (primary N) is 1. The lowest BCUT2D eigenvalue weighted by molar-refractivity contribution is -0.136. The highest BCUT2D eigenvalue weighted by Gasteiger charge is 2.20. The minimum absolute atomic E-state index is 0.00685. The lowest BCUT2D eigenvalue weighted by atomic mass is 10.1. The molecule has 1 aromatic heterocycles. The van der Waals surface area contributed by atoms with E-state index in [2.05, 4.69) is 20.9 Å². The number of carbonyl (C=O) groups is 1. The minimum Gasteiger partial charge on any atom is -0.481 e. The molecule has 0 bridgehead atoms. The molecule has 1 heterocycles. The maximum Gasteiger partial charge on any atom is 0.307 e. The molecular formula is C8H7BrF2N2O2. The summed E-state index contributed by atoms with van der Waals surface area (Å²) in [6, 6.07) is 0. The third-order valence-corrected chi connectivity index (χ3v) is 2.65. The second-order valence-electron chi connectivity index (χ2n) is 2.77. The van der Waals surface area contributed by atoms with Crippen molar-refractivity contribution in [2.75, 3.05) is 5.73 Å². The summed E-state index contributed by atoms with van der Waals surface area (Å²) in [5.41, 5.74) is 4.96. The summed E-state index contributed by atoms with van der Waals surface area (Å²) in [6.07, 6.45) is -2.01. The molecule has 0 atom stereocenters. The van der Waals surface area contributed by atoms with Crippen LogP contribution in [0, 0.1) is 0 Å². The van der Waals surface area contributed by atoms with Crippen molar-refractivity contribution >= 4 is 27.7 Å². The normalized spacial score (nSPS) is 10.7. The van der Waals surface area contributed by atoms with Crippen molar-refractivity contribution in [3.63, 3.8) is 0 Å². The molecule has 0 fully saturated rings. The summed E-state index contributed by atoms with van der Waals surface area (Å²) in [5.74, 6) is -1.42. The Hall–Kier alpha value is -1.24. The Bertz CT molecular complexity index is 398. The highest BCUT2D eigenvalue weighted by molar-refractivity contribution is 9.10. The van der Waals surface area contributed by atoms with Gasteiger partial charge in [-0.2, -0.15) is 0 Å². The predicted octanol–water partition coefficient (Wildman–Crippen LogP) is 1.99. The number of rotatable bonds is 3. The van der Waals surface area contributed by atoms with Gasteiger partial charge in [-0.25, -0.2) is 13.8 Å². The topological polar surface area (TPSA) is 76.2 Å². The number of alkyl halides is 2. The number of aliphatic carboxylic acids is 1. The van der Waals surface area contributed by atoms with Crippen molar-refractivity contribution < 1.29 is 18.7 Å². The number of halogens is 3. The van der Waals surface area contributed by atoms with Crippen molar-refractivity contribution in [3.05, 3.63) is 21.8 Å². The summed E-state index contributed by atoms with van der Waals surface area (Å²) in [4.78, 5) is 13.9. The molecule has 0 saturated carbocycles. The largest absolute Gasteiger partial charge is 0.481 e. The average Bonchev–Trinajstić information content (AvgIpc) is 2.09. The van der Waals surface area contributed by atoms with E-state index in [1.807, 2.05) is 0 Å². The summed E-state index contributed by atoms with van der Waals surface area (Å²) in [5, 5.41) is 8.52. The van der Waals surface area contributed by atoms with E-state index in [1.54, 1.807) is 0 Å². The molecule has 0 aliphatic heterocycles. The maximum absolute atomic E-state index is 12.5. The molecule has 0 spiro atoms. The van der Waals surface area contributed by atoms with Gasteiger partial charge in [0, 0.05) is 10.7 Å². The van der Waals surface area contributed by atoms with Gasteiger partial charge in [0.05, 0.1) is 12.0 Å². The van der Waals surface area contributed by atoms with E-state index in [0.29, 0.717) is 0 Å². The van der Waals surface area contributed by atoms with E-state index >= 15 is 0 Å². The molecule has 0 aliphatic rings. The Morgan fingerprint density at radius 2 is 2.27 bits per heavy atom. The van der Waals surface area contributed by atoms with Gasteiger partial charge in [-0.3, -0.25) is 4.79 Å². The van der Waals surface area contributed by atoms with Gasteiger partial charge in [-0.15, -0.1) is 0 Å². The van der Waals surface area contributed by atoms with Crippen LogP contribution in [-0.4, -0.2) is 16.1 Å². The zero-order valence-corrected chi connectivity index (χ0v) is 8.96. The molecule has 0 saturated heterocycles. The number of hydrogen-bond donors (Lipinski definition) is 2. The number of aromatic nitrogens is 1. The van der Waals surface area contributed by atoms with E-state index < -0.39 is 18.0 Å². The number of carboxylic acid groups (broad SMARTS) is 1. The van der Waals surface area contributed by atoms with Crippen LogP contribution in [0.3, 0.4) is 0 Å². The Morgan fingerprint density at radius 1 is 1.67 bits per heavy atom. The maximum atomic E-state index is 12.5. The third-order valence-electron chi connectivity index (χ3n) is 1.71. The van der Waals surface area contributed by atoms with Gasteiger partial charge in [0.1, 0.15) is 5.82 Å². The van der Waals surface area contributed by atoms with Gasteiger partial charge in [0.15, 0.2) is 0 Å². The monoisotopic (exact) mass is 280 g/mol. The third kappa shape index (κ3) is 2.62. The molecule has 0 unspecified atom stereocenters. The second kappa shape index (κ2) is 4.52. The zero-order valence-electron chi connectivity index (χ0n) is 7.38. The highest BCUT2D eigenvalue weighted by Crippen LogP contribution is 2.33. The first-order chi connectivity index (χ1) is 6.93. The standard InChI is InChI=1S/C8H7BrF2N2O2/c9-6-3(1-4(14)15)2-13-8(12)5(6)7(10)11/h2,7H,1H2,(H2,12,13)(H,14,15). The van der Waals surface area contributed by atoms with E-state index in [0.717, 1.165) is 0 Å². The average molecular weight is 281 g/mol. The van der Waals surface area contributed by atoms with Crippen LogP contribution in [0.4, 0.5) is 14.6 Å². The SMILES string of the molecule is Nc1ncc(CC(=O)O)c(Br)c1C(F)F. The van der Waals surface area contributed by atoms with E-state index in [9.17, 15) is 13.6 Å². The number of anilines is 1. The number of pyridine rings is 1. The highest BCUT2D eigenvalue weighted by atomic mass is 79.9. The number of carboxylic acids is 1. The van der Waals surface area contributed by atoms with E-state index in [4.69, 9.17) is 10.8 Å². The Morgan fingerprint density at radius 3 is 2.73 bits per heavy atom. The molecule has 15 heavy (non-hydrogen) atoms. The lowest BCUT2D eigenvalue weighted by Gasteiger charge is -2.09. The molecular weight excluding hydrogens is 274 g/mol. The van der Waals surface area contributed by atoms with Crippen LogP contribution in [0.25, 0.3) is 0 Å². The first-order valence-corrected chi connectivity index (χ1v) is 4.65. The van der Waals surface area contributed by atoms with Crippen LogP contribution in [0.15, 0.2) is 10.7 Å². The molecule has 0 radical (unpaired) electrons. The first-order valence-electron chi connectivity index (χ1n) is 3.86. The van der Waals surface area contributed by atoms with E-state index in [-0.39, 0.29) is 22.3 Å². The number of nitrogen functional groups attached to an aromatic ring is 1. The Balaban J connectivity index is 3.22. The first kappa shape index (κ1) is 11.8. The molecule has 82 valence electrons. The number of hydrogen-bond acceptors (Lipinski definition) is 3. The van der Waals surface area contributed by atoms with Crippen molar-refractivity contribution in [1.82, 2.24) is 4.98 Å². The fourth-order valence-electron chi connectivity index (χ4n) is 1.05. The lowest BCUT2D eigenvalue weighted by Crippen LogP contribution is -2.06. The fourth-order valence-corrected chi connectivity index (χ4v) is 1.67. The van der Waals surface area contributed by atoms with Crippen LogP contribution >= 0.6 is 15.9 Å². The van der Waals surface area contributed by atoms with Crippen LogP contribution in [0.2, 0.25) is 0 Å². The molecule has 1 rings (SSSR count). The van der Waals surface area contributed by atoms with E-state index in [1.165, 1.54) is 6.20 Å². The van der Waals surface area contributed by atoms with Crippen molar-refractivity contribution in [2.45, 2.75) is 12.8 Å². The summed E-state index contributed by atoms with van der Waals surface area (Å²) in [7, 11) is 0. The summed E-state index contributed by atoms with van der Waals surface area (Å²) < 4.78 is 25.0. The molecule has 1 aromatic rings. The quantitative estimate of drug-likeness (QED) is 0.888. The van der Waals surface area contributed by atoms with Gasteiger partial charge in [-0.05, 0) is 21.5 Å². The second-order valence-corrected chi connectivity index (χ2v) is 3.56. The van der Waals surface area contributed by atoms with Gasteiger partial charge >= 0.3 is 5.97 Å². The van der Waals surface area contributed by atoms with Crippen molar-refractivity contribution in [3.8, 4) is 0 Å². The van der Waals surface area contributed by atoms with Gasteiger partial charge in [0.25, 0.3) is 6.43 Å². The van der Waals surface area contributed by atoms with Crippen LogP contribution in [0.5, 0.6) is 0 Å². The molecule has 0 aromatic carbocycles. The smallest absolute Gasteiger partial charge is 0.307 e. The van der Waals surface area contributed by atoms with Gasteiger partial charge < -0.3 is 10.8 Å². The van der Waals surface area contributed by atoms with Crippen LogP contribution in [-0.2, 0) is 11.2 Å². The fraction of sp³-hybridized carbons (Fsp3) is 0.250. The zero-order chi connectivity index (χ0) is 11.6.